The summed E-state index contributed by atoms with van der Waals surface area (Å²) in [5.41, 5.74) is 1.46. The lowest BCUT2D eigenvalue weighted by molar-refractivity contribution is -0.402. The van der Waals surface area contributed by atoms with Gasteiger partial charge < -0.3 is 8.98 Å². The number of nitriles is 1. The van der Waals surface area contributed by atoms with Crippen LogP contribution in [0.25, 0.3) is 10.9 Å². The Kier molecular flexibility index (Phi) is 2.73. The molecule has 0 saturated carbocycles. The summed E-state index contributed by atoms with van der Waals surface area (Å²) in [5, 5.41) is 20.5. The van der Waals surface area contributed by atoms with Crippen LogP contribution in [0.4, 0.5) is 5.88 Å². The maximum Gasteiger partial charge on any atom is 0.433 e. The summed E-state index contributed by atoms with van der Waals surface area (Å²) >= 11 is 0. The van der Waals surface area contributed by atoms with E-state index < -0.39 is 4.92 Å². The number of hydrogen-bond acceptors (Lipinski definition) is 4. The highest BCUT2D eigenvalue weighted by Gasteiger charge is 2.12. The Morgan fingerprint density at radius 3 is 2.85 bits per heavy atom. The molecule has 6 nitrogen and oxygen atoms in total. The first kappa shape index (κ1) is 12.0. The topological polar surface area (TPSA) is 85.0 Å². The minimum absolute atomic E-state index is 0.269. The zero-order valence-corrected chi connectivity index (χ0v) is 10.3. The predicted molar refractivity (Wildman–Crippen MR) is 71.1 cm³/mol. The molecule has 0 N–H and O–H groups in total. The third-order valence-corrected chi connectivity index (χ3v) is 3.06. The molecule has 20 heavy (non-hydrogen) atoms. The average molecular weight is 267 g/mol. The second-order valence-electron chi connectivity index (χ2n) is 4.33. The van der Waals surface area contributed by atoms with Crippen molar-refractivity contribution in [1.82, 2.24) is 4.57 Å². The summed E-state index contributed by atoms with van der Waals surface area (Å²) in [6, 6.07) is 12.3. The number of aromatic nitrogens is 1. The number of nitrogens with zero attached hydrogens (tertiary/aromatic N) is 3. The Labute approximate surface area is 113 Å². The van der Waals surface area contributed by atoms with Gasteiger partial charge >= 0.3 is 5.88 Å². The number of fused-ring (bicyclic) bond motifs is 1. The van der Waals surface area contributed by atoms with E-state index in [4.69, 9.17) is 9.68 Å². The minimum Gasteiger partial charge on any atom is -0.404 e. The van der Waals surface area contributed by atoms with Gasteiger partial charge in [-0.1, -0.05) is 6.07 Å². The molecule has 3 rings (SSSR count). The van der Waals surface area contributed by atoms with Crippen molar-refractivity contribution in [3.63, 3.8) is 0 Å². The SMILES string of the molecule is N#Cc1ccc2ccn(Cc3ccc([N+](=O)[O-])o3)c2c1. The Hall–Kier alpha value is -3.07. The zero-order chi connectivity index (χ0) is 14.1. The zero-order valence-electron chi connectivity index (χ0n) is 10.3. The molecule has 3 aromatic rings. The molecule has 0 atom stereocenters. The third kappa shape index (κ3) is 2.01. The molecule has 0 aliphatic rings. The molecule has 0 amide bonds. The monoisotopic (exact) mass is 267 g/mol. The molecule has 0 spiro atoms. The normalized spacial score (nSPS) is 10.6. The van der Waals surface area contributed by atoms with Gasteiger partial charge in [0, 0.05) is 11.7 Å². The Balaban J connectivity index is 1.97. The van der Waals surface area contributed by atoms with Gasteiger partial charge in [0.1, 0.15) is 10.7 Å². The van der Waals surface area contributed by atoms with Crippen LogP contribution in [0.5, 0.6) is 0 Å². The van der Waals surface area contributed by atoms with E-state index >= 15 is 0 Å². The van der Waals surface area contributed by atoms with Gasteiger partial charge in [-0.25, -0.2) is 0 Å². The lowest BCUT2D eigenvalue weighted by Gasteiger charge is -2.02. The molecule has 0 aliphatic heterocycles. The summed E-state index contributed by atoms with van der Waals surface area (Å²) in [6.07, 6.45) is 1.86. The minimum atomic E-state index is -0.564. The van der Waals surface area contributed by atoms with Crippen LogP contribution >= 0.6 is 0 Å². The smallest absolute Gasteiger partial charge is 0.404 e. The molecular weight excluding hydrogens is 258 g/mol. The number of rotatable bonds is 3. The van der Waals surface area contributed by atoms with Crippen molar-refractivity contribution in [2.24, 2.45) is 0 Å². The van der Waals surface area contributed by atoms with Gasteiger partial charge in [0.2, 0.25) is 0 Å². The van der Waals surface area contributed by atoms with Gasteiger partial charge in [-0.2, -0.15) is 5.26 Å². The molecule has 2 aromatic heterocycles. The van der Waals surface area contributed by atoms with Crippen molar-refractivity contribution in [3.05, 3.63) is 64.0 Å². The molecule has 0 bridgehead atoms. The number of furan rings is 1. The number of nitro groups is 1. The van der Waals surface area contributed by atoms with E-state index in [1.54, 1.807) is 18.2 Å². The first-order valence-corrected chi connectivity index (χ1v) is 5.89. The number of benzene rings is 1. The maximum atomic E-state index is 10.6. The molecule has 0 saturated heterocycles. The van der Waals surface area contributed by atoms with Gasteiger partial charge in [-0.05, 0) is 29.7 Å². The molecule has 98 valence electrons. The number of hydrogen-bond donors (Lipinski definition) is 0. The van der Waals surface area contributed by atoms with Crippen molar-refractivity contribution in [3.8, 4) is 6.07 Å². The van der Waals surface area contributed by atoms with Crippen LogP contribution in [0.2, 0.25) is 0 Å². The van der Waals surface area contributed by atoms with Crippen molar-refractivity contribution in [2.45, 2.75) is 6.54 Å². The van der Waals surface area contributed by atoms with Gasteiger partial charge in [0.15, 0.2) is 0 Å². The molecule has 0 unspecified atom stereocenters. The van der Waals surface area contributed by atoms with Crippen LogP contribution in [-0.4, -0.2) is 9.49 Å². The summed E-state index contributed by atoms with van der Waals surface area (Å²) < 4.78 is 7.03. The van der Waals surface area contributed by atoms with Crippen LogP contribution in [0, 0.1) is 21.4 Å². The molecule has 1 aromatic carbocycles. The first-order chi connectivity index (χ1) is 9.67. The maximum absolute atomic E-state index is 10.6. The van der Waals surface area contributed by atoms with Gasteiger partial charge in [0.05, 0.1) is 24.2 Å². The molecule has 0 fully saturated rings. The molecule has 6 heteroatoms. The van der Waals surface area contributed by atoms with Crippen LogP contribution < -0.4 is 0 Å². The van der Waals surface area contributed by atoms with Crippen molar-refractivity contribution in [1.29, 1.82) is 5.26 Å². The van der Waals surface area contributed by atoms with Crippen LogP contribution in [0.1, 0.15) is 11.3 Å². The molecule has 2 heterocycles. The highest BCUT2D eigenvalue weighted by Crippen LogP contribution is 2.21. The fourth-order valence-electron chi connectivity index (χ4n) is 2.11. The third-order valence-electron chi connectivity index (χ3n) is 3.06. The van der Waals surface area contributed by atoms with E-state index in [-0.39, 0.29) is 5.88 Å². The summed E-state index contributed by atoms with van der Waals surface area (Å²) in [4.78, 5) is 10.0. The molecule has 0 aliphatic carbocycles. The fraction of sp³-hybridized carbons (Fsp3) is 0.0714. The predicted octanol–water partition coefficient (Wildman–Crippen LogP) is 3.06. The lowest BCUT2D eigenvalue weighted by Crippen LogP contribution is -1.96. The van der Waals surface area contributed by atoms with Gasteiger partial charge in [0.25, 0.3) is 0 Å². The standard InChI is InChI=1S/C14H9N3O3/c15-8-10-1-2-11-5-6-16(13(11)7-10)9-12-3-4-14(20-12)17(18)19/h1-7H,9H2. The molecule has 0 radical (unpaired) electrons. The van der Waals surface area contributed by atoms with Gasteiger partial charge in [-0.15, -0.1) is 0 Å². The van der Waals surface area contributed by atoms with Crippen molar-refractivity contribution >= 4 is 16.8 Å². The Morgan fingerprint density at radius 1 is 1.30 bits per heavy atom. The van der Waals surface area contributed by atoms with E-state index in [1.165, 1.54) is 6.07 Å². The quantitative estimate of drug-likeness (QED) is 0.539. The van der Waals surface area contributed by atoms with E-state index in [1.807, 2.05) is 22.9 Å². The first-order valence-electron chi connectivity index (χ1n) is 5.89. The van der Waals surface area contributed by atoms with E-state index in [0.29, 0.717) is 17.9 Å². The van der Waals surface area contributed by atoms with Gasteiger partial charge in [-0.3, -0.25) is 10.1 Å². The van der Waals surface area contributed by atoms with Crippen molar-refractivity contribution in [2.75, 3.05) is 0 Å². The van der Waals surface area contributed by atoms with Crippen LogP contribution in [0.3, 0.4) is 0 Å². The average Bonchev–Trinajstić information content (AvgIpc) is 3.06. The van der Waals surface area contributed by atoms with Crippen LogP contribution in [0.15, 0.2) is 47.0 Å². The Bertz CT molecular complexity index is 839. The highest BCUT2D eigenvalue weighted by atomic mass is 16.6. The second kappa shape index (κ2) is 4.55. The summed E-state index contributed by atoms with van der Waals surface area (Å²) in [7, 11) is 0. The summed E-state index contributed by atoms with van der Waals surface area (Å²) in [6.45, 7) is 0.381. The highest BCUT2D eigenvalue weighted by molar-refractivity contribution is 5.81. The molecular formula is C14H9N3O3. The summed E-state index contributed by atoms with van der Waals surface area (Å²) in [5.74, 6) is 0.228. The van der Waals surface area contributed by atoms with E-state index in [0.717, 1.165) is 10.9 Å². The largest absolute Gasteiger partial charge is 0.433 e. The fourth-order valence-corrected chi connectivity index (χ4v) is 2.11. The van der Waals surface area contributed by atoms with E-state index in [2.05, 4.69) is 6.07 Å². The lowest BCUT2D eigenvalue weighted by atomic mass is 10.2. The second-order valence-corrected chi connectivity index (χ2v) is 4.33. The Morgan fingerprint density at radius 2 is 2.15 bits per heavy atom. The van der Waals surface area contributed by atoms with Crippen LogP contribution in [-0.2, 0) is 6.54 Å². The van der Waals surface area contributed by atoms with Crippen molar-refractivity contribution < 1.29 is 9.34 Å². The van der Waals surface area contributed by atoms with E-state index in [9.17, 15) is 10.1 Å².